The normalized spacial score (nSPS) is 11.9. The second kappa shape index (κ2) is 11.3. The molecule has 0 bridgehead atoms. The van der Waals surface area contributed by atoms with Crippen LogP contribution >= 0.6 is 15.9 Å². The van der Waals surface area contributed by atoms with Crippen molar-refractivity contribution in [3.63, 3.8) is 0 Å². The SMILES string of the molecule is Cc1cc(OCC(=O)N(Cc2ccc(F)cc2)C(C)C(=O)NCC(C)C)cc(C)c1Br. The Labute approximate surface area is 192 Å². The largest absolute Gasteiger partial charge is 0.484 e. The second-order valence-corrected chi connectivity index (χ2v) is 8.92. The van der Waals surface area contributed by atoms with Crippen LogP contribution in [0, 0.1) is 25.6 Å². The van der Waals surface area contributed by atoms with E-state index in [1.54, 1.807) is 19.1 Å². The third-order valence-electron chi connectivity index (χ3n) is 4.89. The number of ether oxygens (including phenoxy) is 1. The summed E-state index contributed by atoms with van der Waals surface area (Å²) in [6, 6.07) is 8.90. The minimum atomic E-state index is -0.701. The van der Waals surface area contributed by atoms with Crippen molar-refractivity contribution in [2.24, 2.45) is 5.92 Å². The molecule has 0 saturated heterocycles. The van der Waals surface area contributed by atoms with Crippen molar-refractivity contribution in [3.8, 4) is 5.75 Å². The van der Waals surface area contributed by atoms with Gasteiger partial charge in [0.05, 0.1) is 0 Å². The van der Waals surface area contributed by atoms with Crippen molar-refractivity contribution in [1.82, 2.24) is 10.2 Å². The highest BCUT2D eigenvalue weighted by Crippen LogP contribution is 2.26. The first-order valence-electron chi connectivity index (χ1n) is 10.3. The Morgan fingerprint density at radius 3 is 2.23 bits per heavy atom. The molecule has 1 N–H and O–H groups in total. The maximum Gasteiger partial charge on any atom is 0.261 e. The Morgan fingerprint density at radius 1 is 1.10 bits per heavy atom. The van der Waals surface area contributed by atoms with E-state index in [2.05, 4.69) is 21.2 Å². The maximum absolute atomic E-state index is 13.3. The maximum atomic E-state index is 13.3. The summed E-state index contributed by atoms with van der Waals surface area (Å²) < 4.78 is 20.0. The van der Waals surface area contributed by atoms with E-state index < -0.39 is 6.04 Å². The molecule has 0 saturated carbocycles. The Hall–Kier alpha value is -2.41. The summed E-state index contributed by atoms with van der Waals surface area (Å²) in [6.45, 7) is 10.1. The van der Waals surface area contributed by atoms with Crippen LogP contribution in [0.15, 0.2) is 40.9 Å². The predicted octanol–water partition coefficient (Wildman–Crippen LogP) is 4.77. The molecule has 0 aromatic heterocycles. The van der Waals surface area contributed by atoms with Gasteiger partial charge in [-0.25, -0.2) is 4.39 Å². The number of hydrogen-bond acceptors (Lipinski definition) is 3. The molecule has 2 rings (SSSR count). The van der Waals surface area contributed by atoms with Crippen LogP contribution in [0.25, 0.3) is 0 Å². The summed E-state index contributed by atoms with van der Waals surface area (Å²) in [6.07, 6.45) is 0. The van der Waals surface area contributed by atoms with Crippen molar-refractivity contribution in [1.29, 1.82) is 0 Å². The van der Waals surface area contributed by atoms with Gasteiger partial charge in [-0.1, -0.05) is 41.9 Å². The summed E-state index contributed by atoms with van der Waals surface area (Å²) in [5, 5.41) is 2.87. The highest BCUT2D eigenvalue weighted by Gasteiger charge is 2.26. The van der Waals surface area contributed by atoms with E-state index in [0.717, 1.165) is 21.2 Å². The Bertz CT molecular complexity index is 893. The molecule has 5 nitrogen and oxygen atoms in total. The van der Waals surface area contributed by atoms with Gasteiger partial charge in [0.25, 0.3) is 5.91 Å². The van der Waals surface area contributed by atoms with E-state index in [1.807, 2.05) is 39.8 Å². The van der Waals surface area contributed by atoms with Gasteiger partial charge in [-0.15, -0.1) is 0 Å². The number of rotatable bonds is 9. The van der Waals surface area contributed by atoms with Gasteiger partial charge in [0, 0.05) is 17.6 Å². The predicted molar refractivity (Wildman–Crippen MR) is 123 cm³/mol. The van der Waals surface area contributed by atoms with Crippen molar-refractivity contribution in [2.75, 3.05) is 13.2 Å². The first-order valence-corrected chi connectivity index (χ1v) is 11.1. The molecule has 0 heterocycles. The van der Waals surface area contributed by atoms with Gasteiger partial charge >= 0.3 is 0 Å². The lowest BCUT2D eigenvalue weighted by molar-refractivity contribution is -0.142. The zero-order valence-corrected chi connectivity index (χ0v) is 20.3. The van der Waals surface area contributed by atoms with Crippen LogP contribution in [0.2, 0.25) is 0 Å². The summed E-state index contributed by atoms with van der Waals surface area (Å²) in [5.41, 5.74) is 2.74. The summed E-state index contributed by atoms with van der Waals surface area (Å²) in [7, 11) is 0. The van der Waals surface area contributed by atoms with Crippen LogP contribution in [0.3, 0.4) is 0 Å². The van der Waals surface area contributed by atoms with Crippen LogP contribution in [-0.4, -0.2) is 35.9 Å². The van der Waals surface area contributed by atoms with Gasteiger partial charge in [-0.3, -0.25) is 9.59 Å². The summed E-state index contributed by atoms with van der Waals surface area (Å²) in [5.74, 6) is -0.0299. The molecule has 0 radical (unpaired) electrons. The smallest absolute Gasteiger partial charge is 0.261 e. The van der Waals surface area contributed by atoms with Crippen molar-refractivity contribution >= 4 is 27.7 Å². The zero-order valence-electron chi connectivity index (χ0n) is 18.7. The van der Waals surface area contributed by atoms with E-state index in [0.29, 0.717) is 18.2 Å². The number of nitrogens with one attached hydrogen (secondary N) is 1. The number of benzene rings is 2. The Morgan fingerprint density at radius 2 is 1.68 bits per heavy atom. The Kier molecular flexibility index (Phi) is 9.04. The highest BCUT2D eigenvalue weighted by molar-refractivity contribution is 9.10. The summed E-state index contributed by atoms with van der Waals surface area (Å²) in [4.78, 5) is 27.1. The molecule has 1 atom stereocenters. The molecule has 2 aromatic carbocycles. The van der Waals surface area contributed by atoms with Crippen molar-refractivity contribution < 1.29 is 18.7 Å². The van der Waals surface area contributed by atoms with E-state index in [1.165, 1.54) is 17.0 Å². The third kappa shape index (κ3) is 7.35. The molecule has 1 unspecified atom stereocenters. The topological polar surface area (TPSA) is 58.6 Å². The fourth-order valence-corrected chi connectivity index (χ4v) is 3.27. The average Bonchev–Trinajstić information content (AvgIpc) is 2.73. The van der Waals surface area contributed by atoms with Crippen LogP contribution in [-0.2, 0) is 16.1 Å². The molecule has 7 heteroatoms. The first-order chi connectivity index (χ1) is 14.6. The molecule has 0 fully saturated rings. The zero-order chi connectivity index (χ0) is 23.1. The van der Waals surface area contributed by atoms with Crippen LogP contribution in [0.5, 0.6) is 5.75 Å². The van der Waals surface area contributed by atoms with Crippen LogP contribution in [0.4, 0.5) is 4.39 Å². The minimum Gasteiger partial charge on any atom is -0.484 e. The lowest BCUT2D eigenvalue weighted by Gasteiger charge is -2.29. The molecule has 0 aliphatic heterocycles. The molecular formula is C24H30BrFN2O3. The van der Waals surface area contributed by atoms with Gasteiger partial charge in [0.1, 0.15) is 17.6 Å². The Balaban J connectivity index is 2.16. The number of carbonyl (C=O) groups excluding carboxylic acids is 2. The van der Waals surface area contributed by atoms with Crippen LogP contribution < -0.4 is 10.1 Å². The number of aryl methyl sites for hydroxylation is 2. The molecule has 31 heavy (non-hydrogen) atoms. The molecule has 0 aliphatic rings. The fraction of sp³-hybridized carbons (Fsp3) is 0.417. The van der Waals surface area contributed by atoms with E-state index in [-0.39, 0.29) is 30.8 Å². The molecular weight excluding hydrogens is 463 g/mol. The van der Waals surface area contributed by atoms with Crippen molar-refractivity contribution in [2.45, 2.75) is 47.2 Å². The quantitative estimate of drug-likeness (QED) is 0.548. The lowest BCUT2D eigenvalue weighted by atomic mass is 10.1. The number of amides is 2. The summed E-state index contributed by atoms with van der Waals surface area (Å²) >= 11 is 3.52. The lowest BCUT2D eigenvalue weighted by Crippen LogP contribution is -2.49. The minimum absolute atomic E-state index is 0.178. The van der Waals surface area contributed by atoms with Gasteiger partial charge in [0.15, 0.2) is 6.61 Å². The number of nitrogens with zero attached hydrogens (tertiary/aromatic N) is 1. The average molecular weight is 493 g/mol. The highest BCUT2D eigenvalue weighted by atomic mass is 79.9. The second-order valence-electron chi connectivity index (χ2n) is 8.12. The monoisotopic (exact) mass is 492 g/mol. The first kappa shape index (κ1) is 24.9. The third-order valence-corrected chi connectivity index (χ3v) is 6.14. The van der Waals surface area contributed by atoms with Gasteiger partial charge in [0.2, 0.25) is 5.91 Å². The number of hydrogen-bond donors (Lipinski definition) is 1. The van der Waals surface area contributed by atoms with E-state index in [4.69, 9.17) is 4.74 Å². The number of halogens is 2. The molecule has 2 amide bonds. The molecule has 2 aromatic rings. The van der Waals surface area contributed by atoms with Gasteiger partial charge < -0.3 is 15.0 Å². The van der Waals surface area contributed by atoms with Crippen molar-refractivity contribution in [3.05, 3.63) is 63.4 Å². The standard InChI is InChI=1S/C24H30BrFN2O3/c1-15(2)12-27-24(30)18(5)28(13-19-6-8-20(26)9-7-19)22(29)14-31-21-10-16(3)23(25)17(4)11-21/h6-11,15,18H,12-14H2,1-5H3,(H,27,30). The number of carbonyl (C=O) groups is 2. The molecule has 168 valence electrons. The molecule has 0 aliphatic carbocycles. The van der Waals surface area contributed by atoms with E-state index >= 15 is 0 Å². The van der Waals surface area contributed by atoms with Crippen LogP contribution in [0.1, 0.15) is 37.5 Å². The van der Waals surface area contributed by atoms with Gasteiger partial charge in [-0.2, -0.15) is 0 Å². The fourth-order valence-electron chi connectivity index (χ4n) is 3.04. The van der Waals surface area contributed by atoms with E-state index in [9.17, 15) is 14.0 Å². The molecule has 0 spiro atoms. The van der Waals surface area contributed by atoms with Gasteiger partial charge in [-0.05, 0) is 67.6 Å².